The number of nitrogens with one attached hydrogen (secondary N) is 1. The smallest absolute Gasteiger partial charge is 0.214 e. The van der Waals surface area contributed by atoms with Crippen LogP contribution in [0.3, 0.4) is 0 Å². The third-order valence-corrected chi connectivity index (χ3v) is 2.29. The summed E-state index contributed by atoms with van der Waals surface area (Å²) in [5, 5.41) is 12.0. The number of hydrogen-bond donors (Lipinski definition) is 2. The average molecular weight is 212 g/mol. The molecule has 0 aromatic carbocycles. The lowest BCUT2D eigenvalue weighted by Crippen LogP contribution is -2.27. The number of aromatic nitrogens is 1. The van der Waals surface area contributed by atoms with Crippen molar-refractivity contribution in [2.45, 2.75) is 26.3 Å². The van der Waals surface area contributed by atoms with E-state index in [9.17, 15) is 4.39 Å². The van der Waals surface area contributed by atoms with Crippen molar-refractivity contribution < 1.29 is 9.50 Å². The van der Waals surface area contributed by atoms with Crippen molar-refractivity contribution in [1.82, 2.24) is 4.98 Å². The Hall–Kier alpha value is -1.16. The summed E-state index contributed by atoms with van der Waals surface area (Å²) in [4.78, 5) is 3.72. The predicted octanol–water partition coefficient (Wildman–Crippen LogP) is 2.04. The Labute approximate surface area is 89.4 Å². The summed E-state index contributed by atoms with van der Waals surface area (Å²) < 4.78 is 12.8. The van der Waals surface area contributed by atoms with E-state index < -0.39 is 5.95 Å². The highest BCUT2D eigenvalue weighted by Gasteiger charge is 2.12. The molecule has 0 aliphatic rings. The molecule has 15 heavy (non-hydrogen) atoms. The normalized spacial score (nSPS) is 12.9. The van der Waals surface area contributed by atoms with Gasteiger partial charge in [0, 0.05) is 12.6 Å². The summed E-state index contributed by atoms with van der Waals surface area (Å²) >= 11 is 0. The fourth-order valence-corrected chi connectivity index (χ4v) is 1.39. The number of pyridine rings is 1. The molecule has 0 fully saturated rings. The fourth-order valence-electron chi connectivity index (χ4n) is 1.39. The molecule has 3 nitrogen and oxygen atoms in total. The standard InChI is InChI=1S/C11H17FN2O/c1-8(2)9(6-7-15)13-11-5-3-4-10(12)14-11/h3-5,8-9,15H,6-7H2,1-2H3,(H,13,14)/t9-/m1/s1. The van der Waals surface area contributed by atoms with Crippen molar-refractivity contribution in [3.63, 3.8) is 0 Å². The highest BCUT2D eigenvalue weighted by molar-refractivity contribution is 5.34. The van der Waals surface area contributed by atoms with Gasteiger partial charge in [0.05, 0.1) is 0 Å². The maximum atomic E-state index is 12.8. The maximum absolute atomic E-state index is 12.8. The largest absolute Gasteiger partial charge is 0.396 e. The summed E-state index contributed by atoms with van der Waals surface area (Å²) in [6.45, 7) is 4.21. The molecule has 1 heterocycles. The molecule has 0 aliphatic heterocycles. The van der Waals surface area contributed by atoms with Gasteiger partial charge >= 0.3 is 0 Å². The van der Waals surface area contributed by atoms with E-state index in [1.165, 1.54) is 6.07 Å². The van der Waals surface area contributed by atoms with Crippen molar-refractivity contribution in [3.8, 4) is 0 Å². The summed E-state index contributed by atoms with van der Waals surface area (Å²) in [5.41, 5.74) is 0. The second-order valence-electron chi connectivity index (χ2n) is 3.85. The fraction of sp³-hybridized carbons (Fsp3) is 0.545. The first-order valence-electron chi connectivity index (χ1n) is 5.13. The number of halogens is 1. The number of aliphatic hydroxyl groups excluding tert-OH is 1. The number of anilines is 1. The molecule has 0 saturated heterocycles. The van der Waals surface area contributed by atoms with E-state index in [-0.39, 0.29) is 12.6 Å². The molecule has 0 spiro atoms. The lowest BCUT2D eigenvalue weighted by Gasteiger charge is -2.21. The molecule has 0 aliphatic carbocycles. The van der Waals surface area contributed by atoms with Crippen molar-refractivity contribution in [2.24, 2.45) is 5.92 Å². The van der Waals surface area contributed by atoms with Crippen LogP contribution >= 0.6 is 0 Å². The highest BCUT2D eigenvalue weighted by atomic mass is 19.1. The van der Waals surface area contributed by atoms with Gasteiger partial charge in [0.1, 0.15) is 5.82 Å². The molecule has 4 heteroatoms. The first-order valence-corrected chi connectivity index (χ1v) is 5.13. The van der Waals surface area contributed by atoms with Gasteiger partial charge < -0.3 is 10.4 Å². The lowest BCUT2D eigenvalue weighted by molar-refractivity contribution is 0.267. The third kappa shape index (κ3) is 3.83. The van der Waals surface area contributed by atoms with Crippen LogP contribution in [0.1, 0.15) is 20.3 Å². The summed E-state index contributed by atoms with van der Waals surface area (Å²) in [6.07, 6.45) is 0.635. The lowest BCUT2D eigenvalue weighted by atomic mass is 10.0. The van der Waals surface area contributed by atoms with Gasteiger partial charge in [-0.3, -0.25) is 0 Å². The molecule has 1 aromatic rings. The summed E-state index contributed by atoms with van der Waals surface area (Å²) in [5.74, 6) is 0.385. The zero-order valence-electron chi connectivity index (χ0n) is 9.07. The minimum absolute atomic E-state index is 0.115. The van der Waals surface area contributed by atoms with E-state index in [1.807, 2.05) is 13.8 Å². The van der Waals surface area contributed by atoms with Crippen LogP contribution in [0.15, 0.2) is 18.2 Å². The second kappa shape index (κ2) is 5.66. The predicted molar refractivity (Wildman–Crippen MR) is 58.1 cm³/mol. The Bertz CT molecular complexity index is 304. The van der Waals surface area contributed by atoms with Crippen LogP contribution in [0, 0.1) is 11.9 Å². The van der Waals surface area contributed by atoms with Gasteiger partial charge in [-0.25, -0.2) is 4.98 Å². The zero-order chi connectivity index (χ0) is 11.3. The van der Waals surface area contributed by atoms with E-state index >= 15 is 0 Å². The van der Waals surface area contributed by atoms with Crippen LogP contribution in [0.2, 0.25) is 0 Å². The van der Waals surface area contributed by atoms with E-state index in [2.05, 4.69) is 10.3 Å². The van der Waals surface area contributed by atoms with Crippen molar-refractivity contribution in [3.05, 3.63) is 24.1 Å². The third-order valence-electron chi connectivity index (χ3n) is 2.29. The molecule has 0 unspecified atom stereocenters. The van der Waals surface area contributed by atoms with Crippen molar-refractivity contribution >= 4 is 5.82 Å². The van der Waals surface area contributed by atoms with Gasteiger partial charge in [-0.05, 0) is 24.5 Å². The molecule has 1 aromatic heterocycles. The SMILES string of the molecule is CC(C)[C@@H](CCO)Nc1cccc(F)n1. The molecule has 0 amide bonds. The number of hydrogen-bond acceptors (Lipinski definition) is 3. The van der Waals surface area contributed by atoms with Gasteiger partial charge in [0.2, 0.25) is 5.95 Å². The van der Waals surface area contributed by atoms with E-state index in [0.717, 1.165) is 0 Å². The molecule has 2 N–H and O–H groups in total. The summed E-state index contributed by atoms with van der Waals surface area (Å²) in [7, 11) is 0. The van der Waals surface area contributed by atoms with Crippen LogP contribution in [-0.2, 0) is 0 Å². The molecular formula is C11H17FN2O. The Morgan fingerprint density at radius 1 is 1.47 bits per heavy atom. The molecule has 1 atom stereocenters. The molecular weight excluding hydrogens is 195 g/mol. The van der Waals surface area contributed by atoms with E-state index in [1.54, 1.807) is 12.1 Å². The Morgan fingerprint density at radius 3 is 2.73 bits per heavy atom. The number of aliphatic hydroxyl groups is 1. The van der Waals surface area contributed by atoms with Gasteiger partial charge in [-0.2, -0.15) is 4.39 Å². The first kappa shape index (κ1) is 11.9. The Balaban J connectivity index is 2.65. The number of rotatable bonds is 5. The summed E-state index contributed by atoms with van der Waals surface area (Å²) in [6, 6.07) is 4.75. The topological polar surface area (TPSA) is 45.1 Å². The van der Waals surface area contributed by atoms with Crippen LogP contribution in [0.5, 0.6) is 0 Å². The minimum atomic E-state index is -0.494. The van der Waals surface area contributed by atoms with E-state index in [0.29, 0.717) is 18.2 Å². The highest BCUT2D eigenvalue weighted by Crippen LogP contribution is 2.13. The van der Waals surface area contributed by atoms with Gasteiger partial charge in [-0.1, -0.05) is 19.9 Å². The molecule has 0 radical (unpaired) electrons. The van der Waals surface area contributed by atoms with Gasteiger partial charge in [0.15, 0.2) is 0 Å². The molecule has 0 saturated carbocycles. The van der Waals surface area contributed by atoms with Crippen LogP contribution in [0.25, 0.3) is 0 Å². The van der Waals surface area contributed by atoms with Gasteiger partial charge in [0.25, 0.3) is 0 Å². The first-order chi connectivity index (χ1) is 7.13. The van der Waals surface area contributed by atoms with Crippen LogP contribution in [0.4, 0.5) is 10.2 Å². The van der Waals surface area contributed by atoms with Crippen LogP contribution in [-0.4, -0.2) is 22.7 Å². The minimum Gasteiger partial charge on any atom is -0.396 e. The molecule has 84 valence electrons. The quantitative estimate of drug-likeness (QED) is 0.734. The zero-order valence-corrected chi connectivity index (χ0v) is 9.07. The second-order valence-corrected chi connectivity index (χ2v) is 3.85. The average Bonchev–Trinajstić information content (AvgIpc) is 2.17. The van der Waals surface area contributed by atoms with Crippen molar-refractivity contribution in [2.75, 3.05) is 11.9 Å². The number of nitrogens with zero attached hydrogens (tertiary/aromatic N) is 1. The maximum Gasteiger partial charge on any atom is 0.214 e. The Kier molecular flexibility index (Phi) is 4.49. The van der Waals surface area contributed by atoms with Gasteiger partial charge in [-0.15, -0.1) is 0 Å². The molecule has 0 bridgehead atoms. The van der Waals surface area contributed by atoms with Crippen LogP contribution < -0.4 is 5.32 Å². The monoisotopic (exact) mass is 212 g/mol. The Morgan fingerprint density at radius 2 is 2.20 bits per heavy atom. The molecule has 1 rings (SSSR count). The van der Waals surface area contributed by atoms with E-state index in [4.69, 9.17) is 5.11 Å². The van der Waals surface area contributed by atoms with Crippen molar-refractivity contribution in [1.29, 1.82) is 0 Å².